The fourth-order valence-electron chi connectivity index (χ4n) is 8.97. The van der Waals surface area contributed by atoms with Gasteiger partial charge in [0.15, 0.2) is 5.60 Å². The largest absolute Gasteiger partial charge is 0.394 e. The summed E-state index contributed by atoms with van der Waals surface area (Å²) < 4.78 is 23.4. The van der Waals surface area contributed by atoms with Crippen LogP contribution in [0.1, 0.15) is 37.3 Å². The molecule has 0 bridgehead atoms. The van der Waals surface area contributed by atoms with E-state index in [9.17, 15) is 19.5 Å². The van der Waals surface area contributed by atoms with Crippen LogP contribution in [0.25, 0.3) is 0 Å². The standard InChI is InChI=1S/C36H47FN6O6Si/c1-23-34(50(2,3)37)30(18-31(45)40-13-5-8-27(40)22-44)49-36(23)28-17-26(42-15-12-39-20-33(42)47)9-10-29(28)43(35(36)48)21-24-6-4-7-25(16-24)41-14-11-38-19-32(41)46/h4,6-7,9-10,16-17,23,27,30,34,38-39,44H,5,8,11-15,18-22H2,1-3H3/t23-,27+,30+,34-,36+/m1/s1. The number of aliphatic hydroxyl groups is 1. The Morgan fingerprint density at radius 3 is 2.32 bits per heavy atom. The van der Waals surface area contributed by atoms with Crippen LogP contribution < -0.4 is 25.3 Å². The first-order valence-electron chi connectivity index (χ1n) is 17.8. The van der Waals surface area contributed by atoms with E-state index in [1.54, 1.807) is 32.7 Å². The van der Waals surface area contributed by atoms with Crippen molar-refractivity contribution >= 4 is 49.1 Å². The lowest BCUT2D eigenvalue weighted by molar-refractivity contribution is -0.150. The lowest BCUT2D eigenvalue weighted by Gasteiger charge is -2.32. The normalized spacial score (nSPS) is 28.7. The van der Waals surface area contributed by atoms with Crippen LogP contribution in [0.5, 0.6) is 0 Å². The summed E-state index contributed by atoms with van der Waals surface area (Å²) in [6, 6.07) is 12.8. The van der Waals surface area contributed by atoms with Crippen molar-refractivity contribution in [1.82, 2.24) is 15.5 Å². The fraction of sp³-hybridized carbons (Fsp3) is 0.556. The highest BCUT2D eigenvalue weighted by Gasteiger charge is 2.67. The van der Waals surface area contributed by atoms with Crippen LogP contribution in [-0.4, -0.2) is 107 Å². The zero-order valence-corrected chi connectivity index (χ0v) is 30.0. The number of aliphatic hydroxyl groups excluding tert-OH is 1. The first-order valence-corrected chi connectivity index (χ1v) is 20.7. The first kappa shape index (κ1) is 34.7. The monoisotopic (exact) mass is 706 g/mol. The molecule has 2 aromatic rings. The van der Waals surface area contributed by atoms with Crippen LogP contribution in [0.2, 0.25) is 18.6 Å². The zero-order valence-electron chi connectivity index (χ0n) is 29.0. The van der Waals surface area contributed by atoms with Crippen molar-refractivity contribution in [2.24, 2.45) is 5.92 Å². The number of ether oxygens (including phenoxy) is 1. The Hall–Kier alpha value is -3.69. The number of anilines is 3. The second kappa shape index (κ2) is 13.5. The molecule has 4 amide bonds. The lowest BCUT2D eigenvalue weighted by Crippen LogP contribution is -2.48. The van der Waals surface area contributed by atoms with Gasteiger partial charge in [0.25, 0.3) is 5.91 Å². The first-order chi connectivity index (χ1) is 23.9. The summed E-state index contributed by atoms with van der Waals surface area (Å²) in [6.07, 6.45) is 0.549. The summed E-state index contributed by atoms with van der Waals surface area (Å²) in [5, 5.41) is 16.1. The number of hydrogen-bond acceptors (Lipinski definition) is 8. The summed E-state index contributed by atoms with van der Waals surface area (Å²) in [5.74, 6) is -1.27. The van der Waals surface area contributed by atoms with E-state index in [1.165, 1.54) is 0 Å². The van der Waals surface area contributed by atoms with Gasteiger partial charge in [-0.1, -0.05) is 19.1 Å². The molecule has 0 saturated carbocycles. The number of rotatable bonds is 8. The van der Waals surface area contributed by atoms with Gasteiger partial charge in [-0.05, 0) is 61.8 Å². The fourth-order valence-corrected chi connectivity index (χ4v) is 11.5. The second-order valence-corrected chi connectivity index (χ2v) is 18.5. The molecular weight excluding hydrogens is 660 g/mol. The molecule has 14 heteroatoms. The van der Waals surface area contributed by atoms with Gasteiger partial charge in [0.2, 0.25) is 26.1 Å². The van der Waals surface area contributed by atoms with Gasteiger partial charge in [-0.2, -0.15) is 0 Å². The molecule has 0 unspecified atom stereocenters. The van der Waals surface area contributed by atoms with Crippen molar-refractivity contribution in [3.63, 3.8) is 0 Å². The summed E-state index contributed by atoms with van der Waals surface area (Å²) in [5.41, 5.74) is 1.12. The summed E-state index contributed by atoms with van der Waals surface area (Å²) in [4.78, 5) is 61.2. The van der Waals surface area contributed by atoms with Crippen molar-refractivity contribution in [2.75, 3.05) is 67.1 Å². The number of nitrogens with one attached hydrogen (secondary N) is 2. The Balaban J connectivity index is 1.28. The second-order valence-electron chi connectivity index (χ2n) is 14.7. The minimum Gasteiger partial charge on any atom is -0.394 e. The average Bonchev–Trinajstić information content (AvgIpc) is 3.75. The van der Waals surface area contributed by atoms with Crippen molar-refractivity contribution in [2.45, 2.75) is 69.1 Å². The molecule has 3 N–H and O–H groups in total. The van der Waals surface area contributed by atoms with Gasteiger partial charge in [0.1, 0.15) is 0 Å². The molecule has 1 spiro atoms. The van der Waals surface area contributed by atoms with E-state index in [1.807, 2.05) is 49.4 Å². The Morgan fingerprint density at radius 1 is 1.00 bits per heavy atom. The zero-order chi connectivity index (χ0) is 35.4. The van der Waals surface area contributed by atoms with Crippen LogP contribution in [0.3, 0.4) is 0 Å². The maximum Gasteiger partial charge on any atom is 0.264 e. The highest BCUT2D eigenvalue weighted by molar-refractivity contribution is 6.72. The van der Waals surface area contributed by atoms with Crippen LogP contribution in [-0.2, 0) is 36.1 Å². The Kier molecular flexibility index (Phi) is 9.35. The maximum absolute atomic E-state index is 16.5. The smallest absolute Gasteiger partial charge is 0.264 e. The number of nitrogens with zero attached hydrogens (tertiary/aromatic N) is 4. The predicted octanol–water partition coefficient (Wildman–Crippen LogP) is 2.25. The molecule has 268 valence electrons. The number of fused-ring (bicyclic) bond motifs is 2. The molecule has 12 nitrogen and oxygen atoms in total. The number of carbonyl (C=O) groups excluding carboxylic acids is 4. The molecule has 5 aliphatic rings. The van der Waals surface area contributed by atoms with Crippen LogP contribution in [0.4, 0.5) is 21.2 Å². The van der Waals surface area contributed by atoms with E-state index in [2.05, 4.69) is 10.6 Å². The molecule has 5 atom stereocenters. The molecule has 4 saturated heterocycles. The van der Waals surface area contributed by atoms with Gasteiger partial charge >= 0.3 is 0 Å². The van der Waals surface area contributed by atoms with Crippen molar-refractivity contribution in [3.8, 4) is 0 Å². The minimum atomic E-state index is -3.54. The third kappa shape index (κ3) is 5.94. The number of hydrogen-bond donors (Lipinski definition) is 3. The molecule has 4 fully saturated rings. The molecule has 0 aliphatic carbocycles. The highest BCUT2D eigenvalue weighted by atomic mass is 28.4. The average molecular weight is 707 g/mol. The van der Waals surface area contributed by atoms with Crippen LogP contribution in [0.15, 0.2) is 42.5 Å². The SMILES string of the molecule is C[C@@H]1[C@@H]([Si](C)(C)F)[C@H](CC(=O)N2CCC[C@H]2CO)O[C@@]12C(=O)N(Cc1cccc(N3CCNCC3=O)c1)c1ccc(N3CCNCC3=O)cc12. The van der Waals surface area contributed by atoms with Gasteiger partial charge in [0, 0.05) is 61.1 Å². The quantitative estimate of drug-likeness (QED) is 0.281. The Morgan fingerprint density at radius 2 is 1.68 bits per heavy atom. The van der Waals surface area contributed by atoms with E-state index < -0.39 is 31.6 Å². The van der Waals surface area contributed by atoms with E-state index in [-0.39, 0.29) is 62.3 Å². The molecule has 50 heavy (non-hydrogen) atoms. The predicted molar refractivity (Wildman–Crippen MR) is 189 cm³/mol. The van der Waals surface area contributed by atoms with E-state index in [0.29, 0.717) is 56.1 Å². The molecule has 7 rings (SSSR count). The number of halogens is 1. The van der Waals surface area contributed by atoms with Gasteiger partial charge in [-0.25, -0.2) is 0 Å². The van der Waals surface area contributed by atoms with Gasteiger partial charge in [0.05, 0.1) is 50.5 Å². The third-order valence-corrected chi connectivity index (χ3v) is 13.7. The van der Waals surface area contributed by atoms with Crippen LogP contribution >= 0.6 is 0 Å². The molecule has 5 aliphatic heterocycles. The summed E-state index contributed by atoms with van der Waals surface area (Å²) >= 11 is 0. The number of likely N-dealkylation sites (tertiary alicyclic amines) is 1. The summed E-state index contributed by atoms with van der Waals surface area (Å²) in [7, 11) is -3.54. The number of amides is 4. The highest BCUT2D eigenvalue weighted by Crippen LogP contribution is 2.61. The number of carbonyl (C=O) groups is 4. The van der Waals surface area contributed by atoms with Crippen molar-refractivity contribution in [1.29, 1.82) is 0 Å². The number of piperazine rings is 2. The topological polar surface area (TPSA) is 135 Å². The maximum atomic E-state index is 16.5. The Labute approximate surface area is 293 Å². The third-order valence-electron chi connectivity index (χ3n) is 11.3. The van der Waals surface area contributed by atoms with Crippen LogP contribution in [0, 0.1) is 5.92 Å². The molecule has 2 aromatic carbocycles. The Bertz CT molecular complexity index is 1690. The van der Waals surface area contributed by atoms with Crippen molar-refractivity contribution in [3.05, 3.63) is 53.6 Å². The number of benzene rings is 2. The van der Waals surface area contributed by atoms with Gasteiger partial charge in [-0.3, -0.25) is 19.2 Å². The summed E-state index contributed by atoms with van der Waals surface area (Å²) in [6.45, 7) is 8.41. The minimum absolute atomic E-state index is 0.0259. The molecule has 0 aromatic heterocycles. The van der Waals surface area contributed by atoms with E-state index in [4.69, 9.17) is 4.74 Å². The lowest BCUT2D eigenvalue weighted by atomic mass is 9.82. The van der Waals surface area contributed by atoms with E-state index in [0.717, 1.165) is 17.7 Å². The van der Waals surface area contributed by atoms with E-state index >= 15 is 8.90 Å². The molecular formula is C36H47FN6O6Si. The van der Waals surface area contributed by atoms with Crippen molar-refractivity contribution < 1.29 is 33.1 Å². The molecule has 0 radical (unpaired) electrons. The van der Waals surface area contributed by atoms with Gasteiger partial charge < -0.3 is 44.2 Å². The molecule has 5 heterocycles. The van der Waals surface area contributed by atoms with Gasteiger partial charge in [-0.15, -0.1) is 0 Å².